The Labute approximate surface area is 192 Å². The fourth-order valence-electron chi connectivity index (χ4n) is 3.26. The molecule has 0 unspecified atom stereocenters. The van der Waals surface area contributed by atoms with Crippen LogP contribution in [0.25, 0.3) is 0 Å². The molecule has 10 nitrogen and oxygen atoms in total. The van der Waals surface area contributed by atoms with Gasteiger partial charge in [-0.25, -0.2) is 9.59 Å². The number of rotatable bonds is 7. The number of methoxy groups -OCH3 is 2. The van der Waals surface area contributed by atoms with Crippen molar-refractivity contribution in [2.24, 2.45) is 0 Å². The van der Waals surface area contributed by atoms with Gasteiger partial charge in [0.25, 0.3) is 0 Å². The molecule has 0 radical (unpaired) electrons. The van der Waals surface area contributed by atoms with E-state index >= 15 is 0 Å². The highest BCUT2D eigenvalue weighted by molar-refractivity contribution is 6.27. The van der Waals surface area contributed by atoms with Gasteiger partial charge in [-0.05, 0) is 36.4 Å². The summed E-state index contributed by atoms with van der Waals surface area (Å²) in [5.41, 5.74) is 1.93. The van der Waals surface area contributed by atoms with Gasteiger partial charge in [-0.3, -0.25) is 9.69 Å². The molecule has 1 saturated heterocycles. The molecule has 0 saturated carbocycles. The number of carboxylic acids is 2. The van der Waals surface area contributed by atoms with E-state index in [0.29, 0.717) is 6.42 Å². The molecule has 1 fully saturated rings. The van der Waals surface area contributed by atoms with Crippen molar-refractivity contribution in [3.63, 3.8) is 0 Å². The average molecular weight is 459 g/mol. The van der Waals surface area contributed by atoms with Gasteiger partial charge in [0.1, 0.15) is 11.5 Å². The first-order valence-corrected chi connectivity index (χ1v) is 10.3. The van der Waals surface area contributed by atoms with Crippen LogP contribution in [-0.2, 0) is 14.4 Å². The summed E-state index contributed by atoms with van der Waals surface area (Å²) in [4.78, 5) is 35.1. The third kappa shape index (κ3) is 8.34. The summed E-state index contributed by atoms with van der Waals surface area (Å²) >= 11 is 0. The van der Waals surface area contributed by atoms with Gasteiger partial charge in [0.05, 0.1) is 19.9 Å². The Morgan fingerprint density at radius 2 is 1.48 bits per heavy atom. The third-order valence-corrected chi connectivity index (χ3v) is 5.01. The van der Waals surface area contributed by atoms with Crippen LogP contribution in [0.15, 0.2) is 48.5 Å². The number of nitrogens with zero attached hydrogens (tertiary/aromatic N) is 2. The van der Waals surface area contributed by atoms with E-state index < -0.39 is 11.9 Å². The van der Waals surface area contributed by atoms with E-state index in [9.17, 15) is 4.79 Å². The first-order chi connectivity index (χ1) is 15.8. The van der Waals surface area contributed by atoms with Gasteiger partial charge in [0.2, 0.25) is 5.91 Å². The number of para-hydroxylation sites is 2. The number of piperazine rings is 1. The SMILES string of the molecule is COc1ccc(NC(=O)CCN2CCN(c3ccccc3OC)CC2)cc1.O=C(O)C(=O)O. The second kappa shape index (κ2) is 12.9. The van der Waals surface area contributed by atoms with Crippen molar-refractivity contribution < 1.29 is 34.1 Å². The fraction of sp³-hybridized carbons (Fsp3) is 0.348. The summed E-state index contributed by atoms with van der Waals surface area (Å²) in [7, 11) is 3.33. The van der Waals surface area contributed by atoms with E-state index in [1.807, 2.05) is 42.5 Å². The molecule has 3 N–H and O–H groups in total. The van der Waals surface area contributed by atoms with E-state index in [2.05, 4.69) is 21.2 Å². The van der Waals surface area contributed by atoms with Crippen LogP contribution >= 0.6 is 0 Å². The number of anilines is 2. The highest BCUT2D eigenvalue weighted by atomic mass is 16.5. The van der Waals surface area contributed by atoms with Crippen LogP contribution in [0.1, 0.15) is 6.42 Å². The third-order valence-electron chi connectivity index (χ3n) is 5.01. The minimum atomic E-state index is -1.82. The number of amides is 1. The molecular formula is C23H29N3O7. The number of hydrogen-bond acceptors (Lipinski definition) is 7. The average Bonchev–Trinajstić information content (AvgIpc) is 2.84. The zero-order valence-electron chi connectivity index (χ0n) is 18.7. The summed E-state index contributed by atoms with van der Waals surface area (Å²) in [6, 6.07) is 15.5. The Kier molecular flexibility index (Phi) is 9.97. The Bertz CT molecular complexity index is 914. The van der Waals surface area contributed by atoms with Crippen molar-refractivity contribution in [3.05, 3.63) is 48.5 Å². The Morgan fingerprint density at radius 1 is 0.879 bits per heavy atom. The summed E-state index contributed by atoms with van der Waals surface area (Å²) in [6.45, 7) is 4.50. The van der Waals surface area contributed by atoms with Gasteiger partial charge >= 0.3 is 11.9 Å². The number of hydrogen-bond donors (Lipinski definition) is 3. The maximum atomic E-state index is 12.2. The minimum absolute atomic E-state index is 0.0346. The number of carboxylic acid groups (broad SMARTS) is 2. The second-order valence-corrected chi connectivity index (χ2v) is 7.14. The number of carbonyl (C=O) groups is 3. The first-order valence-electron chi connectivity index (χ1n) is 10.3. The Hall–Kier alpha value is -3.79. The zero-order chi connectivity index (χ0) is 24.2. The second-order valence-electron chi connectivity index (χ2n) is 7.14. The molecule has 1 amide bonds. The van der Waals surface area contributed by atoms with Crippen LogP contribution in [-0.4, -0.2) is 79.9 Å². The molecule has 0 bridgehead atoms. The quantitative estimate of drug-likeness (QED) is 0.533. The van der Waals surface area contributed by atoms with Crippen LogP contribution < -0.4 is 19.7 Å². The van der Waals surface area contributed by atoms with Crippen molar-refractivity contribution in [2.75, 3.05) is 57.2 Å². The maximum Gasteiger partial charge on any atom is 0.414 e. The van der Waals surface area contributed by atoms with Gasteiger partial charge in [-0.15, -0.1) is 0 Å². The minimum Gasteiger partial charge on any atom is -0.497 e. The van der Waals surface area contributed by atoms with Gasteiger partial charge < -0.3 is 29.9 Å². The summed E-state index contributed by atoms with van der Waals surface area (Å²) in [5, 5.41) is 17.7. The van der Waals surface area contributed by atoms with Crippen molar-refractivity contribution in [1.82, 2.24) is 4.90 Å². The van der Waals surface area contributed by atoms with Gasteiger partial charge in [0, 0.05) is 44.8 Å². The van der Waals surface area contributed by atoms with Crippen LogP contribution in [0.4, 0.5) is 11.4 Å². The van der Waals surface area contributed by atoms with E-state index in [-0.39, 0.29) is 5.91 Å². The summed E-state index contributed by atoms with van der Waals surface area (Å²) in [6.07, 6.45) is 0.487. The van der Waals surface area contributed by atoms with E-state index in [4.69, 9.17) is 29.3 Å². The van der Waals surface area contributed by atoms with Gasteiger partial charge in [-0.1, -0.05) is 12.1 Å². The number of nitrogens with one attached hydrogen (secondary N) is 1. The smallest absolute Gasteiger partial charge is 0.414 e. The number of ether oxygens (including phenoxy) is 2. The molecule has 33 heavy (non-hydrogen) atoms. The van der Waals surface area contributed by atoms with Gasteiger partial charge in [-0.2, -0.15) is 0 Å². The van der Waals surface area contributed by atoms with Crippen molar-refractivity contribution >= 4 is 29.2 Å². The summed E-state index contributed by atoms with van der Waals surface area (Å²) < 4.78 is 10.6. The van der Waals surface area contributed by atoms with Crippen molar-refractivity contribution in [3.8, 4) is 11.5 Å². The Morgan fingerprint density at radius 3 is 2.03 bits per heavy atom. The standard InChI is InChI=1S/C21H27N3O3.C2H2O4/c1-26-18-9-7-17(8-10-18)22-21(25)11-12-23-13-15-24(16-14-23)19-5-3-4-6-20(19)27-2;3-1(4)2(5)6/h3-10H,11-16H2,1-2H3,(H,22,25);(H,3,4)(H,5,6). The number of aliphatic carboxylic acids is 2. The highest BCUT2D eigenvalue weighted by Gasteiger charge is 2.19. The largest absolute Gasteiger partial charge is 0.497 e. The highest BCUT2D eigenvalue weighted by Crippen LogP contribution is 2.28. The molecule has 1 heterocycles. The monoisotopic (exact) mass is 459 g/mol. The topological polar surface area (TPSA) is 129 Å². The molecule has 10 heteroatoms. The van der Waals surface area contributed by atoms with Crippen LogP contribution in [0, 0.1) is 0 Å². The van der Waals surface area contributed by atoms with Gasteiger partial charge in [0.15, 0.2) is 0 Å². The number of benzene rings is 2. The predicted molar refractivity (Wildman–Crippen MR) is 123 cm³/mol. The maximum absolute atomic E-state index is 12.2. The van der Waals surface area contributed by atoms with Crippen LogP contribution in [0.3, 0.4) is 0 Å². The number of carbonyl (C=O) groups excluding carboxylic acids is 1. The molecule has 0 atom stereocenters. The summed E-state index contributed by atoms with van der Waals surface area (Å²) in [5.74, 6) is -1.93. The normalized spacial score (nSPS) is 13.3. The van der Waals surface area contributed by atoms with E-state index in [0.717, 1.165) is 55.6 Å². The predicted octanol–water partition coefficient (Wildman–Crippen LogP) is 2.01. The van der Waals surface area contributed by atoms with Crippen molar-refractivity contribution in [2.45, 2.75) is 6.42 Å². The molecular weight excluding hydrogens is 430 g/mol. The molecule has 2 aromatic carbocycles. The zero-order valence-corrected chi connectivity index (χ0v) is 18.7. The fourth-order valence-corrected chi connectivity index (χ4v) is 3.26. The van der Waals surface area contributed by atoms with E-state index in [1.165, 1.54) is 0 Å². The molecule has 2 aromatic rings. The lowest BCUT2D eigenvalue weighted by molar-refractivity contribution is -0.159. The molecule has 3 rings (SSSR count). The van der Waals surface area contributed by atoms with Crippen LogP contribution in [0.5, 0.6) is 11.5 Å². The molecule has 178 valence electrons. The lowest BCUT2D eigenvalue weighted by atomic mass is 10.2. The van der Waals surface area contributed by atoms with Crippen molar-refractivity contribution in [1.29, 1.82) is 0 Å². The first kappa shape index (κ1) is 25.5. The molecule has 0 aromatic heterocycles. The lowest BCUT2D eigenvalue weighted by Gasteiger charge is -2.36. The van der Waals surface area contributed by atoms with Crippen LogP contribution in [0.2, 0.25) is 0 Å². The molecule has 1 aliphatic rings. The molecule has 0 aliphatic carbocycles. The van der Waals surface area contributed by atoms with E-state index in [1.54, 1.807) is 14.2 Å². The molecule has 1 aliphatic heterocycles. The Balaban J connectivity index is 0.000000569. The lowest BCUT2D eigenvalue weighted by Crippen LogP contribution is -2.47. The molecule has 0 spiro atoms.